The largest absolute Gasteiger partial charge is 0.437 e. The first-order valence-corrected chi connectivity index (χ1v) is 9.13. The van der Waals surface area contributed by atoms with Crippen molar-refractivity contribution in [1.29, 1.82) is 0 Å². The SMILES string of the molecule is CB(O)N1[C@]2(C)CC[C@@]1(C)[C@H](F)[C@H](N(C)c1nnc(Br)s1)C2. The van der Waals surface area contributed by atoms with Gasteiger partial charge in [-0.15, -0.1) is 10.2 Å². The molecular weight excluding hydrogens is 370 g/mol. The first-order valence-electron chi connectivity index (χ1n) is 7.52. The van der Waals surface area contributed by atoms with Crippen molar-refractivity contribution in [2.75, 3.05) is 11.9 Å². The molecule has 1 aromatic heterocycles. The van der Waals surface area contributed by atoms with Gasteiger partial charge < -0.3 is 14.7 Å². The number of aromatic nitrogens is 2. The van der Waals surface area contributed by atoms with E-state index in [1.165, 1.54) is 11.3 Å². The van der Waals surface area contributed by atoms with Gasteiger partial charge in [-0.3, -0.25) is 0 Å². The lowest BCUT2D eigenvalue weighted by atomic mass is 9.69. The average Bonchev–Trinajstić information content (AvgIpc) is 2.95. The maximum absolute atomic E-state index is 15.4. The molecule has 0 aromatic carbocycles. The highest BCUT2D eigenvalue weighted by Crippen LogP contribution is 2.53. The van der Waals surface area contributed by atoms with Gasteiger partial charge in [0.15, 0.2) is 3.92 Å². The third kappa shape index (κ3) is 2.32. The van der Waals surface area contributed by atoms with Gasteiger partial charge in [0.1, 0.15) is 6.17 Å². The van der Waals surface area contributed by atoms with Crippen molar-refractivity contribution in [3.63, 3.8) is 0 Å². The van der Waals surface area contributed by atoms with Crippen molar-refractivity contribution in [2.45, 2.75) is 63.2 Å². The predicted octanol–water partition coefficient (Wildman–Crippen LogP) is 2.57. The molecule has 1 N–H and O–H groups in total. The lowest BCUT2D eigenvalue weighted by Crippen LogP contribution is -2.70. The highest BCUT2D eigenvalue weighted by atomic mass is 79.9. The Balaban J connectivity index is 1.93. The summed E-state index contributed by atoms with van der Waals surface area (Å²) >= 11 is 4.72. The first-order chi connectivity index (χ1) is 10.2. The van der Waals surface area contributed by atoms with Crippen molar-refractivity contribution in [3.8, 4) is 0 Å². The summed E-state index contributed by atoms with van der Waals surface area (Å²) in [5.41, 5.74) is -0.825. The van der Waals surface area contributed by atoms with Crippen LogP contribution in [0.1, 0.15) is 33.1 Å². The molecular formula is C13H21BBrFN4OS. The van der Waals surface area contributed by atoms with E-state index in [1.54, 1.807) is 6.82 Å². The van der Waals surface area contributed by atoms with Crippen LogP contribution in [0.5, 0.6) is 0 Å². The summed E-state index contributed by atoms with van der Waals surface area (Å²) in [7, 11) is 1.24. The quantitative estimate of drug-likeness (QED) is 0.803. The molecule has 9 heteroatoms. The van der Waals surface area contributed by atoms with E-state index in [0.717, 1.165) is 18.0 Å². The summed E-state index contributed by atoms with van der Waals surface area (Å²) < 4.78 is 16.1. The monoisotopic (exact) mass is 390 g/mol. The van der Waals surface area contributed by atoms with Gasteiger partial charge in [0.05, 0.1) is 6.04 Å². The van der Waals surface area contributed by atoms with Gasteiger partial charge in [-0.1, -0.05) is 11.3 Å². The third-order valence-corrected chi connectivity index (χ3v) is 6.89. The number of rotatable bonds is 3. The van der Waals surface area contributed by atoms with E-state index in [-0.39, 0.29) is 11.6 Å². The molecule has 2 bridgehead atoms. The number of hydrogen-bond donors (Lipinski definition) is 1. The smallest absolute Gasteiger partial charge is 0.377 e. The summed E-state index contributed by atoms with van der Waals surface area (Å²) in [4.78, 5) is 3.89. The van der Waals surface area contributed by atoms with E-state index >= 15 is 4.39 Å². The maximum atomic E-state index is 15.4. The summed E-state index contributed by atoms with van der Waals surface area (Å²) in [6.07, 6.45) is 1.28. The molecule has 122 valence electrons. The van der Waals surface area contributed by atoms with E-state index in [2.05, 4.69) is 33.1 Å². The molecule has 0 saturated carbocycles. The van der Waals surface area contributed by atoms with Crippen LogP contribution < -0.4 is 4.90 Å². The standard InChI is InChI=1S/C13H21BBrFN4OS/c1-12-5-6-13(2,20(12)14(3)21)9(16)8(7-12)19(4)11-18-17-10(15)22-11/h8-9,21H,5-7H2,1-4H3/t8-,9-,12-,13+/m1/s1. The van der Waals surface area contributed by atoms with Gasteiger partial charge in [-0.2, -0.15) is 0 Å². The minimum atomic E-state index is -1.05. The molecule has 0 unspecified atom stereocenters. The van der Waals surface area contributed by atoms with Crippen molar-refractivity contribution in [1.82, 2.24) is 15.0 Å². The second-order valence-electron chi connectivity index (χ2n) is 6.98. The Hall–Kier alpha value is -0.245. The molecule has 4 atom stereocenters. The normalized spacial score (nSPS) is 38.3. The van der Waals surface area contributed by atoms with Gasteiger partial charge in [0.2, 0.25) is 5.13 Å². The molecule has 3 rings (SSSR count). The Morgan fingerprint density at radius 2 is 2.14 bits per heavy atom. The second-order valence-corrected chi connectivity index (χ2v) is 9.21. The van der Waals surface area contributed by atoms with Crippen LogP contribution in [-0.4, -0.2) is 57.4 Å². The second kappa shape index (κ2) is 5.39. The molecule has 2 fully saturated rings. The molecule has 3 heterocycles. The number of alkyl halides is 1. The van der Waals surface area contributed by atoms with E-state index in [9.17, 15) is 5.02 Å². The predicted molar refractivity (Wildman–Crippen MR) is 91.0 cm³/mol. The number of piperidine rings is 1. The van der Waals surface area contributed by atoms with Gasteiger partial charge in [0, 0.05) is 18.1 Å². The van der Waals surface area contributed by atoms with Crippen molar-refractivity contribution in [3.05, 3.63) is 3.92 Å². The van der Waals surface area contributed by atoms with Crippen LogP contribution in [0.4, 0.5) is 9.52 Å². The molecule has 22 heavy (non-hydrogen) atoms. The number of hydrogen-bond acceptors (Lipinski definition) is 6. The molecule has 0 aliphatic carbocycles. The minimum absolute atomic E-state index is 0.188. The molecule has 2 aliphatic heterocycles. The van der Waals surface area contributed by atoms with E-state index in [1.807, 2.05) is 23.7 Å². The van der Waals surface area contributed by atoms with Crippen LogP contribution in [-0.2, 0) is 0 Å². The molecule has 0 amide bonds. The number of fused-ring (bicyclic) bond motifs is 2. The van der Waals surface area contributed by atoms with Crippen molar-refractivity contribution in [2.24, 2.45) is 0 Å². The Labute approximate surface area is 143 Å². The summed E-state index contributed by atoms with van der Waals surface area (Å²) in [5.74, 6) is 0. The summed E-state index contributed by atoms with van der Waals surface area (Å²) in [6.45, 7) is 5.81. The Morgan fingerprint density at radius 1 is 1.45 bits per heavy atom. The Bertz CT molecular complexity index is 578. The minimum Gasteiger partial charge on any atom is -0.437 e. The molecule has 2 saturated heterocycles. The van der Waals surface area contributed by atoms with Crippen LogP contribution in [0.3, 0.4) is 0 Å². The summed E-state index contributed by atoms with van der Waals surface area (Å²) in [5, 5.41) is 19.0. The highest BCUT2D eigenvalue weighted by Gasteiger charge is 2.63. The fourth-order valence-corrected chi connectivity index (χ4v) is 5.62. The van der Waals surface area contributed by atoms with Gasteiger partial charge >= 0.3 is 7.05 Å². The van der Waals surface area contributed by atoms with Crippen LogP contribution in [0.15, 0.2) is 3.92 Å². The van der Waals surface area contributed by atoms with E-state index in [4.69, 9.17) is 0 Å². The van der Waals surface area contributed by atoms with Crippen LogP contribution in [0.2, 0.25) is 6.82 Å². The zero-order valence-electron chi connectivity index (χ0n) is 13.3. The third-order valence-electron chi connectivity index (χ3n) is 5.44. The fraction of sp³-hybridized carbons (Fsp3) is 0.846. The lowest BCUT2D eigenvalue weighted by molar-refractivity contribution is -0.00669. The highest BCUT2D eigenvalue weighted by molar-refractivity contribution is 9.11. The zero-order chi connectivity index (χ0) is 16.3. The van der Waals surface area contributed by atoms with Crippen molar-refractivity contribution < 1.29 is 9.41 Å². The molecule has 0 radical (unpaired) electrons. The van der Waals surface area contributed by atoms with Crippen LogP contribution in [0, 0.1) is 0 Å². The molecule has 5 nitrogen and oxygen atoms in total. The van der Waals surface area contributed by atoms with Crippen LogP contribution in [0.25, 0.3) is 0 Å². The topological polar surface area (TPSA) is 52.5 Å². The van der Waals surface area contributed by atoms with E-state index in [0.29, 0.717) is 10.3 Å². The Morgan fingerprint density at radius 3 is 2.68 bits per heavy atom. The van der Waals surface area contributed by atoms with Gasteiger partial charge in [0.25, 0.3) is 0 Å². The average molecular weight is 391 g/mol. The van der Waals surface area contributed by atoms with Crippen LogP contribution >= 0.6 is 27.3 Å². The lowest BCUT2D eigenvalue weighted by Gasteiger charge is -2.55. The Kier molecular flexibility index (Phi) is 4.07. The number of halogens is 2. The fourth-order valence-electron chi connectivity index (χ4n) is 4.51. The number of nitrogens with zero attached hydrogens (tertiary/aromatic N) is 4. The summed E-state index contributed by atoms with van der Waals surface area (Å²) in [6, 6.07) is -0.257. The number of anilines is 1. The van der Waals surface area contributed by atoms with E-state index < -0.39 is 18.8 Å². The first kappa shape index (κ1) is 16.6. The molecule has 0 spiro atoms. The van der Waals surface area contributed by atoms with Gasteiger partial charge in [-0.25, -0.2) is 4.39 Å². The molecule has 2 aliphatic rings. The van der Waals surface area contributed by atoms with Crippen molar-refractivity contribution >= 4 is 39.4 Å². The zero-order valence-corrected chi connectivity index (χ0v) is 15.7. The molecule has 1 aromatic rings. The van der Waals surface area contributed by atoms with Gasteiger partial charge in [-0.05, 0) is 55.9 Å². The maximum Gasteiger partial charge on any atom is 0.377 e.